The van der Waals surface area contributed by atoms with Gasteiger partial charge in [-0.15, -0.1) is 5.10 Å². The minimum absolute atomic E-state index is 0.0342. The minimum atomic E-state index is -1.21. The number of aliphatic hydroxyl groups is 2. The average Bonchev–Trinajstić information content (AvgIpc) is 2.79. The fraction of sp³-hybridized carbons (Fsp3) is 0.739. The number of hydrogen-bond acceptors (Lipinski definition) is 8. The quantitative estimate of drug-likeness (QED) is 0.651. The third-order valence-corrected chi connectivity index (χ3v) is 5.62. The third kappa shape index (κ3) is 9.32. The van der Waals surface area contributed by atoms with Gasteiger partial charge in [-0.3, -0.25) is 9.59 Å². The van der Waals surface area contributed by atoms with E-state index in [9.17, 15) is 19.8 Å². The van der Waals surface area contributed by atoms with E-state index in [0.717, 1.165) is 6.42 Å². The molecule has 10 heteroatoms. The Morgan fingerprint density at radius 1 is 1.21 bits per heavy atom. The highest BCUT2D eigenvalue weighted by Gasteiger charge is 2.30. The van der Waals surface area contributed by atoms with E-state index < -0.39 is 18.3 Å². The van der Waals surface area contributed by atoms with Crippen molar-refractivity contribution in [3.63, 3.8) is 0 Å². The van der Waals surface area contributed by atoms with E-state index in [1.54, 1.807) is 21.9 Å². The molecule has 0 aliphatic carbocycles. The fourth-order valence-electron chi connectivity index (χ4n) is 3.50. The van der Waals surface area contributed by atoms with E-state index >= 15 is 0 Å². The summed E-state index contributed by atoms with van der Waals surface area (Å²) in [4.78, 5) is 28.5. The van der Waals surface area contributed by atoms with Crippen molar-refractivity contribution in [2.45, 2.75) is 58.3 Å². The Bertz CT molecular complexity index is 720. The summed E-state index contributed by atoms with van der Waals surface area (Å²) in [5, 5.41) is 28.8. The van der Waals surface area contributed by atoms with E-state index in [-0.39, 0.29) is 37.2 Å². The molecule has 0 saturated carbocycles. The lowest BCUT2D eigenvalue weighted by atomic mass is 10.1. The van der Waals surface area contributed by atoms with E-state index in [4.69, 9.17) is 9.47 Å². The predicted octanol–water partition coefficient (Wildman–Crippen LogP) is 0.731. The van der Waals surface area contributed by atoms with Crippen LogP contribution in [0.2, 0.25) is 0 Å². The molecule has 33 heavy (non-hydrogen) atoms. The summed E-state index contributed by atoms with van der Waals surface area (Å²) < 4.78 is 11.4. The lowest BCUT2D eigenvalue weighted by Gasteiger charge is -2.33. The normalized spacial score (nSPS) is 23.9. The largest absolute Gasteiger partial charge is 0.388 e. The summed E-state index contributed by atoms with van der Waals surface area (Å²) >= 11 is 0. The second-order valence-electron chi connectivity index (χ2n) is 8.80. The Balaban J connectivity index is 2.17. The van der Waals surface area contributed by atoms with Crippen LogP contribution >= 0.6 is 0 Å². The highest BCUT2D eigenvalue weighted by molar-refractivity contribution is 5.92. The highest BCUT2D eigenvalue weighted by Crippen LogP contribution is 2.13. The van der Waals surface area contributed by atoms with Crippen LogP contribution in [0.25, 0.3) is 0 Å². The number of aromatic nitrogens is 2. The van der Waals surface area contributed by atoms with Crippen LogP contribution in [0.1, 0.15) is 50.5 Å². The van der Waals surface area contributed by atoms with Gasteiger partial charge in [0.2, 0.25) is 5.91 Å². The first kappa shape index (κ1) is 27.1. The monoisotopic (exact) mass is 466 g/mol. The van der Waals surface area contributed by atoms with E-state index in [0.29, 0.717) is 45.1 Å². The molecule has 1 saturated heterocycles. The molecule has 1 aromatic rings. The summed E-state index contributed by atoms with van der Waals surface area (Å²) in [6.45, 7) is 7.48. The number of rotatable bonds is 5. The summed E-state index contributed by atoms with van der Waals surface area (Å²) in [5.74, 6) is -0.0392. The van der Waals surface area contributed by atoms with Crippen molar-refractivity contribution in [3.05, 3.63) is 24.0 Å². The van der Waals surface area contributed by atoms with Gasteiger partial charge < -0.3 is 29.5 Å². The Kier molecular flexibility index (Phi) is 11.7. The molecule has 1 aliphatic rings. The van der Waals surface area contributed by atoms with Gasteiger partial charge in [-0.05, 0) is 37.3 Å². The molecule has 0 unspecified atom stereocenters. The van der Waals surface area contributed by atoms with Crippen molar-refractivity contribution in [1.29, 1.82) is 0 Å². The molecule has 0 spiro atoms. The number of aliphatic hydroxyl groups excluding tert-OH is 2. The smallest absolute Gasteiger partial charge is 0.274 e. The van der Waals surface area contributed by atoms with Gasteiger partial charge in [0, 0.05) is 52.5 Å². The van der Waals surface area contributed by atoms with Gasteiger partial charge in [-0.2, -0.15) is 5.10 Å². The van der Waals surface area contributed by atoms with Crippen molar-refractivity contribution in [1.82, 2.24) is 20.0 Å². The van der Waals surface area contributed by atoms with Gasteiger partial charge in [0.25, 0.3) is 5.91 Å². The second-order valence-corrected chi connectivity index (χ2v) is 8.80. The van der Waals surface area contributed by atoms with Crippen molar-refractivity contribution < 1.29 is 29.3 Å². The zero-order valence-corrected chi connectivity index (χ0v) is 19.9. The molecule has 3 atom stereocenters. The molecule has 2 rings (SSSR count). The topological polar surface area (TPSA) is 125 Å². The molecular formula is C23H38N4O6. The first-order valence-electron chi connectivity index (χ1n) is 11.7. The van der Waals surface area contributed by atoms with E-state index in [1.165, 1.54) is 13.1 Å². The van der Waals surface area contributed by atoms with Crippen molar-refractivity contribution in [2.24, 2.45) is 5.92 Å². The van der Waals surface area contributed by atoms with Crippen molar-refractivity contribution in [2.75, 3.05) is 46.0 Å². The maximum atomic E-state index is 13.0. The van der Waals surface area contributed by atoms with Crippen molar-refractivity contribution in [3.8, 4) is 0 Å². The maximum absolute atomic E-state index is 13.0. The molecule has 1 fully saturated rings. The Morgan fingerprint density at radius 2 is 1.97 bits per heavy atom. The number of carbonyl (C=O) groups is 2. The number of ether oxygens (including phenoxy) is 2. The van der Waals surface area contributed by atoms with Crippen LogP contribution in [0.5, 0.6) is 0 Å². The van der Waals surface area contributed by atoms with E-state index in [1.807, 2.05) is 0 Å². The predicted molar refractivity (Wildman–Crippen MR) is 121 cm³/mol. The summed E-state index contributed by atoms with van der Waals surface area (Å²) in [6, 6.07) is 3.27. The average molecular weight is 467 g/mol. The summed E-state index contributed by atoms with van der Waals surface area (Å²) in [6.07, 6.45) is 0.547. The minimum Gasteiger partial charge on any atom is -0.388 e. The molecule has 10 nitrogen and oxygen atoms in total. The summed E-state index contributed by atoms with van der Waals surface area (Å²) in [5.41, 5.74) is 0.248. The lowest BCUT2D eigenvalue weighted by Crippen LogP contribution is -2.50. The van der Waals surface area contributed by atoms with Gasteiger partial charge in [-0.25, -0.2) is 0 Å². The first-order valence-corrected chi connectivity index (χ1v) is 11.7. The third-order valence-electron chi connectivity index (χ3n) is 5.62. The number of carbonyl (C=O) groups excluding carboxylic acids is 2. The van der Waals surface area contributed by atoms with Gasteiger partial charge in [0.15, 0.2) is 5.69 Å². The van der Waals surface area contributed by atoms with Gasteiger partial charge >= 0.3 is 0 Å². The molecule has 2 heterocycles. The Labute approximate surface area is 195 Å². The number of hydrogen-bond donors (Lipinski definition) is 2. The van der Waals surface area contributed by atoms with Crippen LogP contribution in [-0.4, -0.2) is 106 Å². The van der Waals surface area contributed by atoms with Gasteiger partial charge in [0.1, 0.15) is 18.3 Å². The summed E-state index contributed by atoms with van der Waals surface area (Å²) in [7, 11) is 0. The zero-order valence-electron chi connectivity index (χ0n) is 19.9. The molecule has 1 aliphatic heterocycles. The molecule has 1 aromatic heterocycles. The van der Waals surface area contributed by atoms with Crippen LogP contribution in [0.3, 0.4) is 0 Å². The highest BCUT2D eigenvalue weighted by atomic mass is 16.5. The van der Waals surface area contributed by atoms with Gasteiger partial charge in [-0.1, -0.05) is 13.8 Å². The SMILES string of the molecule is CC(=O)N1CCN(C(=O)c2cccnn2)CCCCOC[C@@H](O)[C@@H](O)[C@H](OCCC(C)C)C1. The Morgan fingerprint density at radius 3 is 2.64 bits per heavy atom. The number of nitrogens with zero attached hydrogens (tertiary/aromatic N) is 4. The van der Waals surface area contributed by atoms with Gasteiger partial charge in [0.05, 0.1) is 6.61 Å². The second kappa shape index (κ2) is 14.2. The van der Waals surface area contributed by atoms with Crippen LogP contribution in [0, 0.1) is 5.92 Å². The van der Waals surface area contributed by atoms with Crippen LogP contribution < -0.4 is 0 Å². The van der Waals surface area contributed by atoms with Crippen LogP contribution in [0.15, 0.2) is 18.3 Å². The first-order chi connectivity index (χ1) is 15.8. The standard InChI is InChI=1S/C23H38N4O6/c1-17(2)8-14-33-21-15-27(18(3)28)12-11-26(23(31)19-7-6-9-24-25-19)10-4-5-13-32-16-20(29)22(21)30/h6-7,9,17,20-22,29-30H,4-5,8,10-16H2,1-3H3/t20-,21-,22-/m1/s1. The molecule has 2 N–H and O–H groups in total. The molecular weight excluding hydrogens is 428 g/mol. The van der Waals surface area contributed by atoms with Crippen molar-refractivity contribution >= 4 is 11.8 Å². The molecule has 2 amide bonds. The molecule has 0 aromatic carbocycles. The fourth-order valence-corrected chi connectivity index (χ4v) is 3.50. The molecule has 186 valence electrons. The van der Waals surface area contributed by atoms with E-state index in [2.05, 4.69) is 24.0 Å². The molecule has 0 bridgehead atoms. The Hall–Kier alpha value is -2.14. The lowest BCUT2D eigenvalue weighted by molar-refractivity contribution is -0.140. The maximum Gasteiger partial charge on any atom is 0.274 e. The van der Waals surface area contributed by atoms with Crippen LogP contribution in [0.4, 0.5) is 0 Å². The number of amides is 2. The zero-order chi connectivity index (χ0) is 24.2. The van der Waals surface area contributed by atoms with Crippen LogP contribution in [-0.2, 0) is 14.3 Å². The molecule has 0 radical (unpaired) electrons.